The molecule has 2 nitrogen and oxygen atoms in total. The molecule has 4 aliphatic carbocycles. The lowest BCUT2D eigenvalue weighted by atomic mass is 9.43. The Labute approximate surface area is 237 Å². The van der Waals surface area contributed by atoms with Crippen LogP contribution in [0.15, 0.2) is 22.8 Å². The first-order valence-electron chi connectivity index (χ1n) is 16.4. The van der Waals surface area contributed by atoms with Crippen LogP contribution in [0.4, 0.5) is 0 Å². The molecule has 0 aromatic carbocycles. The number of fused-ring (bicyclic) bond motifs is 4. The largest absolute Gasteiger partial charge is 0.393 e. The van der Waals surface area contributed by atoms with Gasteiger partial charge in [-0.05, 0) is 130 Å². The zero-order valence-electron chi connectivity index (χ0n) is 27.1. The van der Waals surface area contributed by atoms with Crippen molar-refractivity contribution in [2.75, 3.05) is 13.2 Å². The van der Waals surface area contributed by atoms with Crippen molar-refractivity contribution in [2.45, 2.75) is 152 Å². The van der Waals surface area contributed by atoms with Gasteiger partial charge in [-0.15, -0.1) is 0 Å². The molecule has 0 bridgehead atoms. The average molecular weight is 529 g/mol. The molecule has 0 aliphatic heterocycles. The van der Waals surface area contributed by atoms with E-state index in [2.05, 4.69) is 75.3 Å². The monoisotopic (exact) mass is 528 g/mol. The van der Waals surface area contributed by atoms with Gasteiger partial charge in [-0.2, -0.15) is 0 Å². The lowest BCUT2D eigenvalue weighted by Crippen LogP contribution is -2.55. The average Bonchev–Trinajstić information content (AvgIpc) is 3.14. The standard InChI is InChI=1S/C30H50O.C6H14O/c1-20(2)10-9-11-21(3)22-14-18-30(8)24-12-13-25-27(4,5)26(31)16-17-28(25,6)23(24)15-19-29(22,30)7;1-3-5-7-6-4-2/h10,21-22,25-26,31H,9,11-19H2,1-8H3;3-6H2,1-2H3/t21-,22-,25+,26+,28-,29-,30+;/m1./s1. The van der Waals surface area contributed by atoms with E-state index in [1.165, 1.54) is 63.4 Å². The number of aliphatic hydroxyl groups excluding tert-OH is 1. The molecule has 4 rings (SSSR count). The van der Waals surface area contributed by atoms with Crippen LogP contribution in [0.3, 0.4) is 0 Å². The first-order valence-corrected chi connectivity index (χ1v) is 16.4. The van der Waals surface area contributed by atoms with Gasteiger partial charge < -0.3 is 9.84 Å². The summed E-state index contributed by atoms with van der Waals surface area (Å²) in [6, 6.07) is 0. The Balaban J connectivity index is 0.000000505. The summed E-state index contributed by atoms with van der Waals surface area (Å²) in [6.45, 7) is 25.7. The van der Waals surface area contributed by atoms with E-state index in [0.29, 0.717) is 22.2 Å². The van der Waals surface area contributed by atoms with Gasteiger partial charge in [0, 0.05) is 13.2 Å². The molecule has 38 heavy (non-hydrogen) atoms. The second-order valence-corrected chi connectivity index (χ2v) is 15.2. The second kappa shape index (κ2) is 12.5. The summed E-state index contributed by atoms with van der Waals surface area (Å²) in [5, 5.41) is 10.8. The first-order chi connectivity index (χ1) is 17.8. The Morgan fingerprint density at radius 3 is 2.18 bits per heavy atom. The van der Waals surface area contributed by atoms with Crippen LogP contribution in [0.25, 0.3) is 0 Å². The van der Waals surface area contributed by atoms with E-state index in [1.807, 2.05) is 11.1 Å². The predicted molar refractivity (Wildman–Crippen MR) is 164 cm³/mol. The van der Waals surface area contributed by atoms with Crippen molar-refractivity contribution in [3.8, 4) is 0 Å². The van der Waals surface area contributed by atoms with Crippen LogP contribution in [0.1, 0.15) is 146 Å². The summed E-state index contributed by atoms with van der Waals surface area (Å²) in [7, 11) is 0. The number of rotatable bonds is 8. The highest BCUT2D eigenvalue weighted by Gasteiger charge is 2.63. The topological polar surface area (TPSA) is 29.5 Å². The Bertz CT molecular complexity index is 843. The van der Waals surface area contributed by atoms with Crippen molar-refractivity contribution in [3.05, 3.63) is 22.8 Å². The highest BCUT2D eigenvalue weighted by molar-refractivity contribution is 5.38. The number of aliphatic hydroxyl groups is 1. The number of ether oxygens (including phenoxy) is 1. The summed E-state index contributed by atoms with van der Waals surface area (Å²) in [4.78, 5) is 0. The molecular weight excluding hydrogens is 464 g/mol. The minimum Gasteiger partial charge on any atom is -0.393 e. The second-order valence-electron chi connectivity index (χ2n) is 15.2. The molecule has 0 radical (unpaired) electrons. The Kier molecular flexibility index (Phi) is 10.5. The number of hydrogen-bond acceptors (Lipinski definition) is 2. The number of hydrogen-bond donors (Lipinski definition) is 1. The van der Waals surface area contributed by atoms with Gasteiger partial charge in [-0.3, -0.25) is 0 Å². The fraction of sp³-hybridized carbons (Fsp3) is 0.889. The molecule has 2 fully saturated rings. The highest BCUT2D eigenvalue weighted by atomic mass is 16.5. The van der Waals surface area contributed by atoms with Crippen LogP contribution in [0.5, 0.6) is 0 Å². The Morgan fingerprint density at radius 1 is 0.921 bits per heavy atom. The number of allylic oxidation sites excluding steroid dienone is 4. The van der Waals surface area contributed by atoms with E-state index in [0.717, 1.165) is 44.3 Å². The van der Waals surface area contributed by atoms with E-state index >= 15 is 0 Å². The molecule has 0 saturated heterocycles. The summed E-state index contributed by atoms with van der Waals surface area (Å²) in [5.41, 5.74) is 6.41. The van der Waals surface area contributed by atoms with Crippen molar-refractivity contribution < 1.29 is 9.84 Å². The fourth-order valence-corrected chi connectivity index (χ4v) is 9.86. The zero-order chi connectivity index (χ0) is 28.4. The third kappa shape index (κ3) is 5.74. The van der Waals surface area contributed by atoms with Gasteiger partial charge in [0.2, 0.25) is 0 Å². The van der Waals surface area contributed by atoms with Gasteiger partial charge in [-0.1, -0.05) is 78.2 Å². The molecule has 2 saturated carbocycles. The molecule has 0 aromatic rings. The maximum Gasteiger partial charge on any atom is 0.0594 e. The third-order valence-corrected chi connectivity index (χ3v) is 12.4. The van der Waals surface area contributed by atoms with Gasteiger partial charge in [-0.25, -0.2) is 0 Å². The quantitative estimate of drug-likeness (QED) is 0.251. The SMILES string of the molecule is CC(C)=CCC[C@@H](C)[C@H]1CC[C@@]2(C)C3=C(CC[C@]12C)[C@@]1(C)CC[C@H](O)C(C)(C)[C@@H]1CC3.CCCOCCC. The molecule has 220 valence electrons. The van der Waals surface area contributed by atoms with Crippen molar-refractivity contribution in [1.82, 2.24) is 0 Å². The highest BCUT2D eigenvalue weighted by Crippen LogP contribution is 2.72. The zero-order valence-corrected chi connectivity index (χ0v) is 27.1. The summed E-state index contributed by atoms with van der Waals surface area (Å²) in [6.07, 6.45) is 17.4. The lowest BCUT2D eigenvalue weighted by molar-refractivity contribution is -0.0962. The van der Waals surface area contributed by atoms with E-state index < -0.39 is 0 Å². The minimum absolute atomic E-state index is 0.0465. The fourth-order valence-electron chi connectivity index (χ4n) is 9.86. The van der Waals surface area contributed by atoms with Crippen molar-refractivity contribution >= 4 is 0 Å². The van der Waals surface area contributed by atoms with E-state index in [9.17, 15) is 5.11 Å². The molecule has 7 atom stereocenters. The maximum absolute atomic E-state index is 10.8. The molecule has 0 amide bonds. The van der Waals surface area contributed by atoms with Gasteiger partial charge in [0.15, 0.2) is 0 Å². The van der Waals surface area contributed by atoms with Crippen LogP contribution in [-0.4, -0.2) is 24.4 Å². The van der Waals surface area contributed by atoms with Crippen LogP contribution >= 0.6 is 0 Å². The molecule has 0 unspecified atom stereocenters. The molecule has 1 N–H and O–H groups in total. The maximum atomic E-state index is 10.8. The normalized spacial score (nSPS) is 38.3. The smallest absolute Gasteiger partial charge is 0.0594 e. The lowest BCUT2D eigenvalue weighted by Gasteiger charge is -2.62. The van der Waals surface area contributed by atoms with Crippen LogP contribution in [0.2, 0.25) is 0 Å². The van der Waals surface area contributed by atoms with Gasteiger partial charge in [0.1, 0.15) is 0 Å². The van der Waals surface area contributed by atoms with Crippen molar-refractivity contribution in [2.24, 2.45) is 39.4 Å². The molecule has 4 aliphatic rings. The molecular formula is C36H64O2. The predicted octanol–water partition coefficient (Wildman–Crippen LogP) is 10.3. The van der Waals surface area contributed by atoms with Crippen molar-refractivity contribution in [3.63, 3.8) is 0 Å². The molecule has 2 heteroatoms. The summed E-state index contributed by atoms with van der Waals surface area (Å²) < 4.78 is 5.13. The van der Waals surface area contributed by atoms with Crippen molar-refractivity contribution in [1.29, 1.82) is 0 Å². The van der Waals surface area contributed by atoms with Crippen LogP contribution < -0.4 is 0 Å². The van der Waals surface area contributed by atoms with E-state index in [-0.39, 0.29) is 11.5 Å². The minimum atomic E-state index is -0.130. The molecule has 0 spiro atoms. The summed E-state index contributed by atoms with van der Waals surface area (Å²) >= 11 is 0. The van der Waals surface area contributed by atoms with Crippen LogP contribution in [0, 0.1) is 39.4 Å². The van der Waals surface area contributed by atoms with Gasteiger partial charge >= 0.3 is 0 Å². The third-order valence-electron chi connectivity index (χ3n) is 12.4. The Morgan fingerprint density at radius 2 is 1.58 bits per heavy atom. The van der Waals surface area contributed by atoms with Gasteiger partial charge in [0.25, 0.3) is 0 Å². The first kappa shape index (κ1) is 31.9. The molecule has 0 aromatic heterocycles. The van der Waals surface area contributed by atoms with E-state index in [1.54, 1.807) is 0 Å². The summed E-state index contributed by atoms with van der Waals surface area (Å²) in [5.74, 6) is 2.32. The molecule has 0 heterocycles. The van der Waals surface area contributed by atoms with E-state index in [4.69, 9.17) is 4.74 Å². The van der Waals surface area contributed by atoms with Gasteiger partial charge in [0.05, 0.1) is 6.10 Å². The van der Waals surface area contributed by atoms with Crippen LogP contribution in [-0.2, 0) is 4.74 Å². The Hall–Kier alpha value is -0.600.